The van der Waals surface area contributed by atoms with Crippen molar-refractivity contribution in [3.63, 3.8) is 0 Å². The molecule has 1 aromatic rings. The van der Waals surface area contributed by atoms with Gasteiger partial charge in [0.05, 0.1) is 0 Å². The maximum Gasteiger partial charge on any atom is 0.317 e. The van der Waals surface area contributed by atoms with Gasteiger partial charge in [-0.2, -0.15) is 0 Å². The fourth-order valence-corrected chi connectivity index (χ4v) is 2.88. The molecule has 0 aromatic heterocycles. The molecule has 1 heterocycles. The van der Waals surface area contributed by atoms with Crippen molar-refractivity contribution in [2.24, 2.45) is 0 Å². The highest BCUT2D eigenvalue weighted by Crippen LogP contribution is 2.08. The van der Waals surface area contributed by atoms with Gasteiger partial charge in [0.2, 0.25) is 0 Å². The number of nitrogens with one attached hydrogen (secondary N) is 1. The van der Waals surface area contributed by atoms with Crippen LogP contribution in [0.3, 0.4) is 0 Å². The van der Waals surface area contributed by atoms with Crippen molar-refractivity contribution in [2.75, 3.05) is 52.4 Å². The molecular formula is C18H28N4O2. The highest BCUT2D eigenvalue weighted by atomic mass is 16.2. The monoisotopic (exact) mass is 332 g/mol. The van der Waals surface area contributed by atoms with Gasteiger partial charge < -0.3 is 15.1 Å². The second-order valence-corrected chi connectivity index (χ2v) is 5.90. The molecule has 1 saturated heterocycles. The maximum absolute atomic E-state index is 12.4. The lowest BCUT2D eigenvalue weighted by Crippen LogP contribution is -2.51. The molecule has 1 aliphatic rings. The first-order valence-corrected chi connectivity index (χ1v) is 8.75. The Morgan fingerprint density at radius 1 is 1.04 bits per heavy atom. The SMILES string of the molecule is CCN(CC)C(=O)NCCN1CCN(C(=O)c2ccccc2)CC1. The zero-order valence-corrected chi connectivity index (χ0v) is 14.7. The van der Waals surface area contributed by atoms with E-state index >= 15 is 0 Å². The molecule has 0 aliphatic carbocycles. The standard InChI is InChI=1S/C18H28N4O2/c1-3-21(4-2)18(24)19-10-11-20-12-14-22(15-13-20)17(23)16-8-6-5-7-9-16/h5-9H,3-4,10-15H2,1-2H3,(H,19,24). The second kappa shape index (κ2) is 9.27. The van der Waals surface area contributed by atoms with Crippen molar-refractivity contribution >= 4 is 11.9 Å². The van der Waals surface area contributed by atoms with Crippen molar-refractivity contribution < 1.29 is 9.59 Å². The third-order valence-corrected chi connectivity index (χ3v) is 4.44. The summed E-state index contributed by atoms with van der Waals surface area (Å²) in [6.07, 6.45) is 0. The molecule has 0 unspecified atom stereocenters. The Kier molecular flexibility index (Phi) is 7.06. The van der Waals surface area contributed by atoms with E-state index in [1.165, 1.54) is 0 Å². The summed E-state index contributed by atoms with van der Waals surface area (Å²) in [7, 11) is 0. The first kappa shape index (κ1) is 18.3. The second-order valence-electron chi connectivity index (χ2n) is 5.90. The predicted octanol–water partition coefficient (Wildman–Crippen LogP) is 1.50. The Hall–Kier alpha value is -2.08. The Bertz CT molecular complexity index is 523. The smallest absolute Gasteiger partial charge is 0.317 e. The van der Waals surface area contributed by atoms with Gasteiger partial charge in [-0.15, -0.1) is 0 Å². The predicted molar refractivity (Wildman–Crippen MR) is 95.1 cm³/mol. The van der Waals surface area contributed by atoms with Gasteiger partial charge in [0, 0.05) is 57.9 Å². The van der Waals surface area contributed by atoms with E-state index in [0.29, 0.717) is 6.54 Å². The third kappa shape index (κ3) is 4.96. The minimum Gasteiger partial charge on any atom is -0.337 e. The molecule has 132 valence electrons. The number of hydrogen-bond acceptors (Lipinski definition) is 3. The number of carbonyl (C=O) groups excluding carboxylic acids is 2. The number of carbonyl (C=O) groups is 2. The van der Waals surface area contributed by atoms with Crippen LogP contribution >= 0.6 is 0 Å². The fraction of sp³-hybridized carbons (Fsp3) is 0.556. The summed E-state index contributed by atoms with van der Waals surface area (Å²) in [5, 5.41) is 2.96. The van der Waals surface area contributed by atoms with Gasteiger partial charge in [-0.3, -0.25) is 9.69 Å². The van der Waals surface area contributed by atoms with E-state index in [4.69, 9.17) is 0 Å². The molecule has 24 heavy (non-hydrogen) atoms. The molecule has 1 N–H and O–H groups in total. The normalized spacial score (nSPS) is 15.2. The van der Waals surface area contributed by atoms with Crippen molar-refractivity contribution in [2.45, 2.75) is 13.8 Å². The van der Waals surface area contributed by atoms with Crippen LogP contribution in [0.5, 0.6) is 0 Å². The van der Waals surface area contributed by atoms with Crippen LogP contribution in [0.15, 0.2) is 30.3 Å². The van der Waals surface area contributed by atoms with Crippen molar-refractivity contribution in [3.8, 4) is 0 Å². The summed E-state index contributed by atoms with van der Waals surface area (Å²) in [5.74, 6) is 0.102. The summed E-state index contributed by atoms with van der Waals surface area (Å²) in [4.78, 5) is 30.3. The van der Waals surface area contributed by atoms with Crippen LogP contribution in [-0.4, -0.2) is 79.0 Å². The number of benzene rings is 1. The van der Waals surface area contributed by atoms with Crippen LogP contribution in [-0.2, 0) is 0 Å². The summed E-state index contributed by atoms with van der Waals surface area (Å²) < 4.78 is 0. The number of piperazine rings is 1. The van der Waals surface area contributed by atoms with Crippen LogP contribution in [0, 0.1) is 0 Å². The van der Waals surface area contributed by atoms with E-state index in [2.05, 4.69) is 10.2 Å². The average molecular weight is 332 g/mol. The van der Waals surface area contributed by atoms with Crippen molar-refractivity contribution in [1.82, 2.24) is 20.0 Å². The number of urea groups is 1. The van der Waals surface area contributed by atoms with E-state index in [1.807, 2.05) is 49.1 Å². The van der Waals surface area contributed by atoms with E-state index in [1.54, 1.807) is 4.90 Å². The van der Waals surface area contributed by atoms with Crippen LogP contribution < -0.4 is 5.32 Å². The van der Waals surface area contributed by atoms with Gasteiger partial charge in [-0.25, -0.2) is 4.79 Å². The lowest BCUT2D eigenvalue weighted by Gasteiger charge is -2.35. The van der Waals surface area contributed by atoms with Gasteiger partial charge in [0.15, 0.2) is 0 Å². The summed E-state index contributed by atoms with van der Waals surface area (Å²) >= 11 is 0. The van der Waals surface area contributed by atoms with Crippen molar-refractivity contribution in [1.29, 1.82) is 0 Å². The van der Waals surface area contributed by atoms with E-state index in [0.717, 1.165) is 51.4 Å². The minimum absolute atomic E-state index is 0.00195. The molecule has 0 radical (unpaired) electrons. The molecule has 1 fully saturated rings. The quantitative estimate of drug-likeness (QED) is 0.859. The number of amides is 3. The molecule has 6 nitrogen and oxygen atoms in total. The molecule has 3 amide bonds. The Morgan fingerprint density at radius 2 is 1.67 bits per heavy atom. The molecule has 1 aromatic carbocycles. The number of rotatable bonds is 6. The largest absolute Gasteiger partial charge is 0.337 e. The molecular weight excluding hydrogens is 304 g/mol. The minimum atomic E-state index is -0.00195. The van der Waals surface area contributed by atoms with Gasteiger partial charge in [-0.1, -0.05) is 18.2 Å². The van der Waals surface area contributed by atoms with Gasteiger partial charge in [0.1, 0.15) is 0 Å². The summed E-state index contributed by atoms with van der Waals surface area (Å²) in [5.41, 5.74) is 0.748. The van der Waals surface area contributed by atoms with E-state index in [9.17, 15) is 9.59 Å². The summed E-state index contributed by atoms with van der Waals surface area (Å²) in [6, 6.07) is 9.41. The molecule has 6 heteroatoms. The Labute approximate surface area is 144 Å². The molecule has 0 atom stereocenters. The molecule has 0 bridgehead atoms. The van der Waals surface area contributed by atoms with Gasteiger partial charge in [0.25, 0.3) is 5.91 Å². The number of hydrogen-bond donors (Lipinski definition) is 1. The van der Waals surface area contributed by atoms with Crippen LogP contribution in [0.1, 0.15) is 24.2 Å². The summed E-state index contributed by atoms with van der Waals surface area (Å²) in [6.45, 7) is 10.0. The van der Waals surface area contributed by atoms with Crippen LogP contribution in [0.4, 0.5) is 4.79 Å². The van der Waals surface area contributed by atoms with Crippen molar-refractivity contribution in [3.05, 3.63) is 35.9 Å². The zero-order chi connectivity index (χ0) is 17.4. The topological polar surface area (TPSA) is 55.9 Å². The third-order valence-electron chi connectivity index (χ3n) is 4.44. The lowest BCUT2D eigenvalue weighted by molar-refractivity contribution is 0.0639. The lowest BCUT2D eigenvalue weighted by atomic mass is 10.2. The zero-order valence-electron chi connectivity index (χ0n) is 14.7. The Balaban J connectivity index is 1.70. The molecule has 0 saturated carbocycles. The maximum atomic E-state index is 12.4. The van der Waals surface area contributed by atoms with Crippen LogP contribution in [0.25, 0.3) is 0 Å². The fourth-order valence-electron chi connectivity index (χ4n) is 2.88. The highest BCUT2D eigenvalue weighted by molar-refractivity contribution is 5.94. The van der Waals surface area contributed by atoms with E-state index < -0.39 is 0 Å². The van der Waals surface area contributed by atoms with Gasteiger partial charge >= 0.3 is 6.03 Å². The first-order valence-electron chi connectivity index (χ1n) is 8.75. The molecule has 2 rings (SSSR count). The van der Waals surface area contributed by atoms with E-state index in [-0.39, 0.29) is 11.9 Å². The molecule has 0 spiro atoms. The van der Waals surface area contributed by atoms with Crippen LogP contribution in [0.2, 0.25) is 0 Å². The molecule has 1 aliphatic heterocycles. The number of nitrogens with zero attached hydrogens (tertiary/aromatic N) is 3. The Morgan fingerprint density at radius 3 is 2.25 bits per heavy atom. The van der Waals surface area contributed by atoms with Gasteiger partial charge in [-0.05, 0) is 26.0 Å². The first-order chi connectivity index (χ1) is 11.7. The highest BCUT2D eigenvalue weighted by Gasteiger charge is 2.21. The average Bonchev–Trinajstić information content (AvgIpc) is 2.63.